The Morgan fingerprint density at radius 2 is 2.00 bits per heavy atom. The molecule has 0 fully saturated rings. The third-order valence-electron chi connectivity index (χ3n) is 1.87. The van der Waals surface area contributed by atoms with Gasteiger partial charge >= 0.3 is 0 Å². The Bertz CT molecular complexity index is 442. The van der Waals surface area contributed by atoms with Crippen LogP contribution in [0.1, 0.15) is 0 Å². The smallest absolute Gasteiger partial charge is 0.0713 e. The third-order valence-corrected chi connectivity index (χ3v) is 2.76. The zero-order valence-electron chi connectivity index (χ0n) is 7.24. The van der Waals surface area contributed by atoms with Gasteiger partial charge in [0.15, 0.2) is 0 Å². The van der Waals surface area contributed by atoms with E-state index in [0.29, 0.717) is 0 Å². The highest BCUT2D eigenvalue weighted by Gasteiger charge is 2.03. The summed E-state index contributed by atoms with van der Waals surface area (Å²) in [7, 11) is 0. The lowest BCUT2D eigenvalue weighted by Crippen LogP contribution is -1.82. The first-order valence-corrected chi connectivity index (χ1v) is 5.31. The summed E-state index contributed by atoms with van der Waals surface area (Å²) in [5.41, 5.74) is 1.99. The summed E-state index contributed by atoms with van der Waals surface area (Å²) in [5.74, 6) is 0. The van der Waals surface area contributed by atoms with Crippen LogP contribution < -0.4 is 0 Å². The summed E-state index contributed by atoms with van der Waals surface area (Å²) >= 11 is 9.31. The largest absolute Gasteiger partial charge is 0.256 e. The molecule has 0 radical (unpaired) electrons. The van der Waals surface area contributed by atoms with E-state index in [1.54, 1.807) is 6.20 Å². The summed E-state index contributed by atoms with van der Waals surface area (Å²) in [6, 6.07) is 11.5. The molecule has 0 unspecified atom stereocenters. The van der Waals surface area contributed by atoms with Crippen LogP contribution >= 0.6 is 27.5 Å². The maximum Gasteiger partial charge on any atom is 0.0713 e. The molecule has 0 saturated heterocycles. The standard InChI is InChI=1S/C11H7BrClN/c12-10-7-8(13)4-5-9(10)11-3-1-2-6-14-11/h1-7H. The second kappa shape index (κ2) is 4.11. The Balaban J connectivity index is 2.53. The molecule has 0 aliphatic rings. The lowest BCUT2D eigenvalue weighted by Gasteiger charge is -2.03. The van der Waals surface area contributed by atoms with Crippen LogP contribution in [-0.4, -0.2) is 4.98 Å². The molecule has 0 atom stereocenters. The molecule has 0 amide bonds. The second-order valence-electron chi connectivity index (χ2n) is 2.84. The van der Waals surface area contributed by atoms with Crippen molar-refractivity contribution in [2.45, 2.75) is 0 Å². The number of pyridine rings is 1. The van der Waals surface area contributed by atoms with Crippen molar-refractivity contribution in [1.82, 2.24) is 4.98 Å². The van der Waals surface area contributed by atoms with Crippen LogP contribution in [0.3, 0.4) is 0 Å². The van der Waals surface area contributed by atoms with Crippen LogP contribution in [-0.2, 0) is 0 Å². The van der Waals surface area contributed by atoms with Crippen molar-refractivity contribution < 1.29 is 0 Å². The van der Waals surface area contributed by atoms with Crippen LogP contribution in [0.15, 0.2) is 47.1 Å². The predicted octanol–water partition coefficient (Wildman–Crippen LogP) is 4.16. The average molecular weight is 269 g/mol. The Labute approximate surface area is 95.9 Å². The minimum absolute atomic E-state index is 0.719. The molecule has 2 aromatic rings. The molecule has 0 aliphatic carbocycles. The second-order valence-corrected chi connectivity index (χ2v) is 4.13. The fourth-order valence-corrected chi connectivity index (χ4v) is 2.11. The van der Waals surface area contributed by atoms with Gasteiger partial charge in [-0.3, -0.25) is 4.98 Å². The van der Waals surface area contributed by atoms with E-state index in [1.165, 1.54) is 0 Å². The fraction of sp³-hybridized carbons (Fsp3) is 0. The van der Waals surface area contributed by atoms with E-state index in [0.717, 1.165) is 20.8 Å². The summed E-state index contributed by atoms with van der Waals surface area (Å²) in [6.45, 7) is 0. The predicted molar refractivity (Wildman–Crippen MR) is 62.4 cm³/mol. The zero-order valence-corrected chi connectivity index (χ0v) is 9.59. The lowest BCUT2D eigenvalue weighted by molar-refractivity contribution is 1.32. The van der Waals surface area contributed by atoms with Gasteiger partial charge in [0.25, 0.3) is 0 Å². The van der Waals surface area contributed by atoms with E-state index >= 15 is 0 Å². The van der Waals surface area contributed by atoms with Gasteiger partial charge in [0, 0.05) is 21.3 Å². The number of nitrogens with zero attached hydrogens (tertiary/aromatic N) is 1. The topological polar surface area (TPSA) is 12.9 Å². The van der Waals surface area contributed by atoms with E-state index in [4.69, 9.17) is 11.6 Å². The number of benzene rings is 1. The monoisotopic (exact) mass is 267 g/mol. The molecule has 1 nitrogen and oxygen atoms in total. The van der Waals surface area contributed by atoms with Crippen molar-refractivity contribution >= 4 is 27.5 Å². The molecule has 70 valence electrons. The number of hydrogen-bond donors (Lipinski definition) is 0. The molecule has 1 heterocycles. The average Bonchev–Trinajstić information content (AvgIpc) is 2.19. The maximum atomic E-state index is 5.85. The summed E-state index contributed by atoms with van der Waals surface area (Å²) < 4.78 is 0.962. The highest BCUT2D eigenvalue weighted by Crippen LogP contribution is 2.28. The molecule has 1 aromatic heterocycles. The third kappa shape index (κ3) is 1.97. The number of aromatic nitrogens is 1. The lowest BCUT2D eigenvalue weighted by atomic mass is 10.1. The molecule has 0 spiro atoms. The number of halogens is 2. The van der Waals surface area contributed by atoms with Crippen molar-refractivity contribution in [1.29, 1.82) is 0 Å². The normalized spacial score (nSPS) is 10.1. The number of rotatable bonds is 1. The van der Waals surface area contributed by atoms with Crippen LogP contribution in [0.4, 0.5) is 0 Å². The van der Waals surface area contributed by atoms with Gasteiger partial charge < -0.3 is 0 Å². The van der Waals surface area contributed by atoms with Crippen LogP contribution in [0.25, 0.3) is 11.3 Å². The molecular weight excluding hydrogens is 261 g/mol. The van der Waals surface area contributed by atoms with E-state index in [9.17, 15) is 0 Å². The van der Waals surface area contributed by atoms with Crippen molar-refractivity contribution in [3.05, 3.63) is 52.1 Å². The van der Waals surface area contributed by atoms with Crippen molar-refractivity contribution in [2.24, 2.45) is 0 Å². The van der Waals surface area contributed by atoms with Crippen LogP contribution in [0.5, 0.6) is 0 Å². The fourth-order valence-electron chi connectivity index (χ4n) is 1.22. The highest BCUT2D eigenvalue weighted by atomic mass is 79.9. The van der Waals surface area contributed by atoms with Gasteiger partial charge in [-0.2, -0.15) is 0 Å². The first-order chi connectivity index (χ1) is 6.77. The van der Waals surface area contributed by atoms with Gasteiger partial charge in [0.05, 0.1) is 5.69 Å². The summed E-state index contributed by atoms with van der Waals surface area (Å²) in [5, 5.41) is 0.719. The quantitative estimate of drug-likeness (QED) is 0.756. The molecule has 14 heavy (non-hydrogen) atoms. The maximum absolute atomic E-state index is 5.85. The number of hydrogen-bond acceptors (Lipinski definition) is 1. The van der Waals surface area contributed by atoms with Gasteiger partial charge in [-0.1, -0.05) is 39.7 Å². The highest BCUT2D eigenvalue weighted by molar-refractivity contribution is 9.10. The van der Waals surface area contributed by atoms with Gasteiger partial charge in [-0.25, -0.2) is 0 Å². The van der Waals surface area contributed by atoms with Crippen molar-refractivity contribution in [3.8, 4) is 11.3 Å². The van der Waals surface area contributed by atoms with E-state index in [-0.39, 0.29) is 0 Å². The molecule has 1 aromatic carbocycles. The van der Waals surface area contributed by atoms with E-state index in [1.807, 2.05) is 36.4 Å². The minimum atomic E-state index is 0.719. The Morgan fingerprint density at radius 3 is 2.64 bits per heavy atom. The van der Waals surface area contributed by atoms with Crippen LogP contribution in [0, 0.1) is 0 Å². The summed E-state index contributed by atoms with van der Waals surface area (Å²) in [6.07, 6.45) is 1.77. The first kappa shape index (κ1) is 9.69. The Kier molecular flexibility index (Phi) is 2.85. The Hall–Kier alpha value is -0.860. The Morgan fingerprint density at radius 1 is 1.14 bits per heavy atom. The summed E-state index contributed by atoms with van der Waals surface area (Å²) in [4.78, 5) is 4.27. The van der Waals surface area contributed by atoms with E-state index in [2.05, 4.69) is 20.9 Å². The van der Waals surface area contributed by atoms with E-state index < -0.39 is 0 Å². The SMILES string of the molecule is Clc1ccc(-c2ccccn2)c(Br)c1. The van der Waals surface area contributed by atoms with Gasteiger partial charge in [0.2, 0.25) is 0 Å². The van der Waals surface area contributed by atoms with Gasteiger partial charge in [-0.15, -0.1) is 0 Å². The van der Waals surface area contributed by atoms with Crippen LogP contribution in [0.2, 0.25) is 5.02 Å². The molecule has 0 aliphatic heterocycles. The minimum Gasteiger partial charge on any atom is -0.256 e. The molecule has 0 saturated carbocycles. The van der Waals surface area contributed by atoms with Gasteiger partial charge in [0.1, 0.15) is 0 Å². The van der Waals surface area contributed by atoms with Crippen molar-refractivity contribution in [2.75, 3.05) is 0 Å². The molecule has 0 bridgehead atoms. The zero-order chi connectivity index (χ0) is 9.97. The molecular formula is C11H7BrClN. The van der Waals surface area contributed by atoms with Crippen molar-refractivity contribution in [3.63, 3.8) is 0 Å². The molecule has 0 N–H and O–H groups in total. The molecule has 3 heteroatoms. The van der Waals surface area contributed by atoms with Gasteiger partial charge in [-0.05, 0) is 24.3 Å². The first-order valence-electron chi connectivity index (χ1n) is 4.14. The molecule has 2 rings (SSSR count).